The largest absolute Gasteiger partial charge is 0.497 e. The Morgan fingerprint density at radius 1 is 1.12 bits per heavy atom. The number of hydrogen-bond donors (Lipinski definition) is 1. The van der Waals surface area contributed by atoms with Crippen molar-refractivity contribution in [2.24, 2.45) is 0 Å². The van der Waals surface area contributed by atoms with E-state index in [1.807, 2.05) is 48.8 Å². The van der Waals surface area contributed by atoms with Crippen molar-refractivity contribution in [1.29, 1.82) is 0 Å². The van der Waals surface area contributed by atoms with E-state index >= 15 is 0 Å². The lowest BCUT2D eigenvalue weighted by Gasteiger charge is -2.13. The number of ether oxygens (including phenoxy) is 2. The van der Waals surface area contributed by atoms with E-state index in [1.165, 1.54) is 0 Å². The fourth-order valence-electron chi connectivity index (χ4n) is 2.64. The topological polar surface area (TPSA) is 60.7 Å². The van der Waals surface area contributed by atoms with Gasteiger partial charge in [0.2, 0.25) is 0 Å². The molecule has 0 saturated heterocycles. The number of fused-ring (bicyclic) bond motifs is 1. The lowest BCUT2D eigenvalue weighted by Crippen LogP contribution is -2.14. The predicted molar refractivity (Wildman–Crippen MR) is 94.8 cm³/mol. The van der Waals surface area contributed by atoms with E-state index in [-0.39, 0.29) is 0 Å². The Bertz CT molecular complexity index is 840. The van der Waals surface area contributed by atoms with Crippen LogP contribution in [0, 0.1) is 13.8 Å². The number of aryl methyl sites for hydroxylation is 1. The van der Waals surface area contributed by atoms with Gasteiger partial charge in [0.15, 0.2) is 5.65 Å². The van der Waals surface area contributed by atoms with E-state index in [1.54, 1.807) is 14.2 Å². The highest BCUT2D eigenvalue weighted by molar-refractivity contribution is 5.79. The van der Waals surface area contributed by atoms with E-state index in [0.717, 1.165) is 39.6 Å². The molecule has 3 aromatic rings. The SMILES string of the molecule is COCCNc1c(C)c(C)nc2c(-c3ccc(OC)cc3)cnn12. The van der Waals surface area contributed by atoms with Crippen LogP contribution in [0.5, 0.6) is 5.75 Å². The molecule has 0 aliphatic heterocycles. The maximum atomic E-state index is 5.22. The van der Waals surface area contributed by atoms with Gasteiger partial charge < -0.3 is 14.8 Å². The number of nitrogens with one attached hydrogen (secondary N) is 1. The summed E-state index contributed by atoms with van der Waals surface area (Å²) in [5.74, 6) is 1.78. The van der Waals surface area contributed by atoms with Crippen molar-refractivity contribution < 1.29 is 9.47 Å². The minimum absolute atomic E-state index is 0.634. The summed E-state index contributed by atoms with van der Waals surface area (Å²) in [7, 11) is 3.35. The van der Waals surface area contributed by atoms with E-state index < -0.39 is 0 Å². The van der Waals surface area contributed by atoms with Crippen LogP contribution in [0.25, 0.3) is 16.8 Å². The molecule has 126 valence electrons. The van der Waals surface area contributed by atoms with Crippen molar-refractivity contribution in [3.8, 4) is 16.9 Å². The number of aromatic nitrogens is 3. The molecule has 1 N–H and O–H groups in total. The Hall–Kier alpha value is -2.60. The fourth-order valence-corrected chi connectivity index (χ4v) is 2.64. The molecule has 0 fully saturated rings. The van der Waals surface area contributed by atoms with Crippen LogP contribution >= 0.6 is 0 Å². The summed E-state index contributed by atoms with van der Waals surface area (Å²) in [6.07, 6.45) is 1.85. The molecule has 0 aliphatic rings. The molecule has 6 heteroatoms. The minimum Gasteiger partial charge on any atom is -0.497 e. The second-order valence-corrected chi connectivity index (χ2v) is 5.61. The summed E-state index contributed by atoms with van der Waals surface area (Å²) in [6.45, 7) is 5.41. The highest BCUT2D eigenvalue weighted by atomic mass is 16.5. The van der Waals surface area contributed by atoms with Crippen LogP contribution in [0.2, 0.25) is 0 Å². The van der Waals surface area contributed by atoms with Crippen LogP contribution < -0.4 is 10.1 Å². The monoisotopic (exact) mass is 326 g/mol. The van der Waals surface area contributed by atoms with Gasteiger partial charge in [-0.05, 0) is 31.5 Å². The maximum absolute atomic E-state index is 5.22. The number of nitrogens with zero attached hydrogens (tertiary/aromatic N) is 3. The molecule has 0 unspecified atom stereocenters. The van der Waals surface area contributed by atoms with E-state index in [2.05, 4.69) is 10.4 Å². The van der Waals surface area contributed by atoms with Crippen LogP contribution in [0.4, 0.5) is 5.82 Å². The van der Waals surface area contributed by atoms with Crippen molar-refractivity contribution >= 4 is 11.5 Å². The molecule has 0 saturated carbocycles. The van der Waals surface area contributed by atoms with Crippen molar-refractivity contribution in [2.45, 2.75) is 13.8 Å². The fraction of sp³-hybridized carbons (Fsp3) is 0.333. The van der Waals surface area contributed by atoms with Gasteiger partial charge in [-0.25, -0.2) is 4.98 Å². The lowest BCUT2D eigenvalue weighted by molar-refractivity contribution is 0.210. The Labute approximate surface area is 141 Å². The third kappa shape index (κ3) is 2.92. The van der Waals surface area contributed by atoms with Crippen LogP contribution in [0.3, 0.4) is 0 Å². The van der Waals surface area contributed by atoms with Gasteiger partial charge in [0.05, 0.1) is 19.9 Å². The van der Waals surface area contributed by atoms with Crippen molar-refractivity contribution in [3.63, 3.8) is 0 Å². The van der Waals surface area contributed by atoms with Gasteiger partial charge in [-0.1, -0.05) is 12.1 Å². The first kappa shape index (κ1) is 16.3. The standard InChI is InChI=1S/C18H22N4O2/c1-12-13(2)21-18-16(14-5-7-15(24-4)8-6-14)11-20-22(18)17(12)19-9-10-23-3/h5-8,11,19H,9-10H2,1-4H3. The number of anilines is 1. The van der Waals surface area contributed by atoms with Crippen molar-refractivity contribution in [3.05, 3.63) is 41.7 Å². The summed E-state index contributed by atoms with van der Waals surface area (Å²) >= 11 is 0. The summed E-state index contributed by atoms with van der Waals surface area (Å²) in [4.78, 5) is 4.74. The minimum atomic E-state index is 0.634. The summed E-state index contributed by atoms with van der Waals surface area (Å²) in [5.41, 5.74) is 4.96. The molecule has 6 nitrogen and oxygen atoms in total. The van der Waals surface area contributed by atoms with Gasteiger partial charge in [0.1, 0.15) is 11.6 Å². The van der Waals surface area contributed by atoms with E-state index in [9.17, 15) is 0 Å². The molecule has 0 bridgehead atoms. The molecule has 0 spiro atoms. The van der Waals surface area contributed by atoms with Gasteiger partial charge in [-0.2, -0.15) is 9.61 Å². The first-order valence-corrected chi connectivity index (χ1v) is 7.88. The Morgan fingerprint density at radius 3 is 2.54 bits per heavy atom. The maximum Gasteiger partial charge on any atom is 0.165 e. The molecule has 0 radical (unpaired) electrons. The molecule has 3 rings (SSSR count). The van der Waals surface area contributed by atoms with Gasteiger partial charge in [-0.3, -0.25) is 0 Å². The molecule has 2 aromatic heterocycles. The van der Waals surface area contributed by atoms with Gasteiger partial charge in [-0.15, -0.1) is 0 Å². The van der Waals surface area contributed by atoms with Gasteiger partial charge in [0, 0.05) is 30.5 Å². The van der Waals surface area contributed by atoms with E-state index in [0.29, 0.717) is 13.2 Å². The molecule has 24 heavy (non-hydrogen) atoms. The average Bonchev–Trinajstić information content (AvgIpc) is 3.01. The first-order valence-electron chi connectivity index (χ1n) is 7.88. The quantitative estimate of drug-likeness (QED) is 0.705. The van der Waals surface area contributed by atoms with E-state index in [4.69, 9.17) is 14.5 Å². The van der Waals surface area contributed by atoms with Crippen molar-refractivity contribution in [1.82, 2.24) is 14.6 Å². The van der Waals surface area contributed by atoms with Gasteiger partial charge in [0.25, 0.3) is 0 Å². The number of rotatable bonds is 6. The van der Waals surface area contributed by atoms with Crippen LogP contribution in [-0.4, -0.2) is 42.0 Å². The number of benzene rings is 1. The Balaban J connectivity index is 2.07. The molecule has 0 atom stereocenters. The Morgan fingerprint density at radius 2 is 1.88 bits per heavy atom. The first-order chi connectivity index (χ1) is 11.7. The smallest absolute Gasteiger partial charge is 0.165 e. The zero-order valence-electron chi connectivity index (χ0n) is 14.5. The highest BCUT2D eigenvalue weighted by Crippen LogP contribution is 2.28. The predicted octanol–water partition coefficient (Wildman–Crippen LogP) is 3.08. The summed E-state index contributed by atoms with van der Waals surface area (Å²) in [6, 6.07) is 7.92. The molecular formula is C18H22N4O2. The number of hydrogen-bond acceptors (Lipinski definition) is 5. The summed E-state index contributed by atoms with van der Waals surface area (Å²) in [5, 5.41) is 7.93. The highest BCUT2D eigenvalue weighted by Gasteiger charge is 2.15. The molecule has 1 aromatic carbocycles. The van der Waals surface area contributed by atoms with Crippen LogP contribution in [0.15, 0.2) is 30.5 Å². The molecule has 0 amide bonds. The third-order valence-electron chi connectivity index (χ3n) is 4.13. The zero-order chi connectivity index (χ0) is 17.1. The third-order valence-corrected chi connectivity index (χ3v) is 4.13. The molecule has 0 aliphatic carbocycles. The molecule has 2 heterocycles. The lowest BCUT2D eigenvalue weighted by atomic mass is 10.1. The van der Waals surface area contributed by atoms with Crippen molar-refractivity contribution in [2.75, 3.05) is 32.7 Å². The Kier molecular flexibility index (Phi) is 4.66. The van der Waals surface area contributed by atoms with Crippen LogP contribution in [-0.2, 0) is 4.74 Å². The summed E-state index contributed by atoms with van der Waals surface area (Å²) < 4.78 is 12.2. The second-order valence-electron chi connectivity index (χ2n) is 5.61. The van der Waals surface area contributed by atoms with Gasteiger partial charge >= 0.3 is 0 Å². The average molecular weight is 326 g/mol. The van der Waals surface area contributed by atoms with Crippen LogP contribution in [0.1, 0.15) is 11.3 Å². The normalized spacial score (nSPS) is 11.0. The zero-order valence-corrected chi connectivity index (χ0v) is 14.5. The number of methoxy groups -OCH3 is 2. The second kappa shape index (κ2) is 6.88. The molecular weight excluding hydrogens is 304 g/mol.